The highest BCUT2D eigenvalue weighted by Crippen LogP contribution is 2.41. The van der Waals surface area contributed by atoms with Crippen molar-refractivity contribution in [3.63, 3.8) is 0 Å². The quantitative estimate of drug-likeness (QED) is 0.643. The van der Waals surface area contributed by atoms with Crippen LogP contribution in [0.4, 0.5) is 11.4 Å². The zero-order chi connectivity index (χ0) is 13.3. The summed E-state index contributed by atoms with van der Waals surface area (Å²) in [5.74, 6) is 0.968. The molecule has 1 fully saturated rings. The largest absolute Gasteiger partial charge is 0.490 e. The van der Waals surface area contributed by atoms with Crippen molar-refractivity contribution in [1.82, 2.24) is 0 Å². The van der Waals surface area contributed by atoms with Gasteiger partial charge in [0.25, 0.3) is 0 Å². The van der Waals surface area contributed by atoms with Crippen molar-refractivity contribution in [1.29, 1.82) is 0 Å². The fourth-order valence-electron chi connectivity index (χ4n) is 2.19. The van der Waals surface area contributed by atoms with Crippen LogP contribution < -0.4 is 10.1 Å². The molecule has 0 unspecified atom stereocenters. The van der Waals surface area contributed by atoms with Crippen molar-refractivity contribution < 1.29 is 9.66 Å². The third-order valence-corrected chi connectivity index (χ3v) is 3.44. The average molecular weight is 250 g/mol. The number of ether oxygens (including phenoxy) is 1. The molecule has 1 saturated carbocycles. The van der Waals surface area contributed by atoms with Crippen LogP contribution in [0, 0.1) is 16.0 Å². The van der Waals surface area contributed by atoms with E-state index in [2.05, 4.69) is 19.2 Å². The molecule has 1 N–H and O–H groups in total. The summed E-state index contributed by atoms with van der Waals surface area (Å²) in [6, 6.07) is 4.89. The van der Waals surface area contributed by atoms with Gasteiger partial charge in [-0.05, 0) is 38.7 Å². The smallest absolute Gasteiger partial charge is 0.311 e. The van der Waals surface area contributed by atoms with Gasteiger partial charge in [0.15, 0.2) is 5.75 Å². The lowest BCUT2D eigenvalue weighted by Gasteiger charge is -2.27. The maximum atomic E-state index is 10.8. The third kappa shape index (κ3) is 2.55. The topological polar surface area (TPSA) is 64.4 Å². The van der Waals surface area contributed by atoms with Crippen LogP contribution in [0.15, 0.2) is 18.2 Å². The summed E-state index contributed by atoms with van der Waals surface area (Å²) in [5, 5.41) is 14.2. The van der Waals surface area contributed by atoms with E-state index in [1.54, 1.807) is 12.1 Å². The van der Waals surface area contributed by atoms with Crippen LogP contribution in [0.3, 0.4) is 0 Å². The monoisotopic (exact) mass is 250 g/mol. The summed E-state index contributed by atoms with van der Waals surface area (Å²) in [6.45, 7) is 4.30. The molecule has 0 heterocycles. The van der Waals surface area contributed by atoms with Gasteiger partial charge in [-0.2, -0.15) is 0 Å². The summed E-state index contributed by atoms with van der Waals surface area (Å²) >= 11 is 0. The molecule has 2 rings (SSSR count). The Morgan fingerprint density at radius 2 is 2.11 bits per heavy atom. The molecular formula is C13H18N2O3. The molecule has 0 radical (unpaired) electrons. The lowest BCUT2D eigenvalue weighted by atomic mass is 9.98. The highest BCUT2D eigenvalue weighted by Gasteiger charge is 2.37. The molecule has 1 aromatic carbocycles. The molecule has 0 bridgehead atoms. The fraction of sp³-hybridized carbons (Fsp3) is 0.538. The number of nitro benzene ring substituents is 1. The molecule has 0 saturated heterocycles. The molecule has 0 atom stereocenters. The number of nitrogens with one attached hydrogen (secondary N) is 1. The van der Waals surface area contributed by atoms with Crippen molar-refractivity contribution >= 4 is 11.4 Å². The van der Waals surface area contributed by atoms with E-state index < -0.39 is 4.92 Å². The summed E-state index contributed by atoms with van der Waals surface area (Å²) in [6.07, 6.45) is 2.48. The molecule has 1 aliphatic carbocycles. The van der Waals surface area contributed by atoms with Crippen molar-refractivity contribution in [2.24, 2.45) is 5.92 Å². The Labute approximate surface area is 106 Å². The average Bonchev–Trinajstić information content (AvgIpc) is 3.11. The van der Waals surface area contributed by atoms with Crippen molar-refractivity contribution in [2.75, 3.05) is 12.4 Å². The zero-order valence-electron chi connectivity index (χ0n) is 10.9. The number of benzene rings is 1. The Bertz CT molecular complexity index is 467. The number of nitrogens with zero attached hydrogens (tertiary/aromatic N) is 1. The maximum absolute atomic E-state index is 10.8. The second-order valence-corrected chi connectivity index (χ2v) is 5.26. The summed E-state index contributed by atoms with van der Waals surface area (Å²) < 4.78 is 5.06. The van der Waals surface area contributed by atoms with Gasteiger partial charge in [0.05, 0.1) is 12.0 Å². The number of rotatable bonds is 5. The second kappa shape index (κ2) is 4.48. The number of hydrogen-bond donors (Lipinski definition) is 1. The van der Waals surface area contributed by atoms with E-state index >= 15 is 0 Å². The Morgan fingerprint density at radius 3 is 2.61 bits per heavy atom. The van der Waals surface area contributed by atoms with Crippen LogP contribution in [0.5, 0.6) is 5.75 Å². The molecule has 5 nitrogen and oxygen atoms in total. The highest BCUT2D eigenvalue weighted by molar-refractivity contribution is 5.58. The van der Waals surface area contributed by atoms with E-state index in [9.17, 15) is 10.1 Å². The van der Waals surface area contributed by atoms with Crippen LogP contribution in [-0.4, -0.2) is 17.6 Å². The van der Waals surface area contributed by atoms with Gasteiger partial charge in [0.2, 0.25) is 0 Å². The predicted octanol–water partition coefficient (Wildman–Crippen LogP) is 3.20. The van der Waals surface area contributed by atoms with Crippen LogP contribution in [0.2, 0.25) is 0 Å². The fourth-order valence-corrected chi connectivity index (χ4v) is 2.19. The van der Waals surface area contributed by atoms with E-state index in [1.165, 1.54) is 26.0 Å². The van der Waals surface area contributed by atoms with Crippen LogP contribution in [-0.2, 0) is 0 Å². The minimum absolute atomic E-state index is 0.00715. The number of nitro groups is 1. The summed E-state index contributed by atoms with van der Waals surface area (Å²) in [4.78, 5) is 10.4. The Kier molecular flexibility index (Phi) is 3.15. The minimum Gasteiger partial charge on any atom is -0.490 e. The van der Waals surface area contributed by atoms with Crippen LogP contribution >= 0.6 is 0 Å². The van der Waals surface area contributed by atoms with Gasteiger partial charge in [-0.15, -0.1) is 0 Å². The number of methoxy groups -OCH3 is 1. The number of anilines is 1. The van der Waals surface area contributed by atoms with E-state index in [0.29, 0.717) is 5.92 Å². The second-order valence-electron chi connectivity index (χ2n) is 5.26. The first kappa shape index (κ1) is 12.7. The molecule has 0 amide bonds. The molecule has 1 aromatic rings. The van der Waals surface area contributed by atoms with Gasteiger partial charge in [0.1, 0.15) is 0 Å². The van der Waals surface area contributed by atoms with Crippen molar-refractivity contribution in [3.05, 3.63) is 28.3 Å². The maximum Gasteiger partial charge on any atom is 0.311 e. The molecule has 0 aromatic heterocycles. The Balaban J connectivity index is 2.21. The normalized spacial score (nSPS) is 15.3. The standard InChI is InChI=1S/C13H18N2O3/c1-13(2,9-4-5-9)14-10-6-7-11(15(16)17)12(8-10)18-3/h6-9,14H,4-5H2,1-3H3. The number of hydrogen-bond acceptors (Lipinski definition) is 4. The molecule has 0 aliphatic heterocycles. The Hall–Kier alpha value is -1.78. The molecule has 1 aliphatic rings. The van der Waals surface area contributed by atoms with Gasteiger partial charge >= 0.3 is 5.69 Å². The first-order valence-electron chi connectivity index (χ1n) is 6.04. The molecule has 0 spiro atoms. The SMILES string of the molecule is COc1cc(NC(C)(C)C2CC2)ccc1[N+](=O)[O-]. The van der Waals surface area contributed by atoms with E-state index in [1.807, 2.05) is 0 Å². The summed E-state index contributed by atoms with van der Waals surface area (Å²) in [5.41, 5.74) is 0.864. The molecule has 18 heavy (non-hydrogen) atoms. The van der Waals surface area contributed by atoms with Gasteiger partial charge in [0, 0.05) is 23.4 Å². The molecule has 5 heteroatoms. The van der Waals surface area contributed by atoms with Gasteiger partial charge in [-0.25, -0.2) is 0 Å². The zero-order valence-corrected chi connectivity index (χ0v) is 10.9. The van der Waals surface area contributed by atoms with Gasteiger partial charge in [-0.1, -0.05) is 0 Å². The van der Waals surface area contributed by atoms with E-state index in [-0.39, 0.29) is 17.0 Å². The van der Waals surface area contributed by atoms with Crippen molar-refractivity contribution in [3.8, 4) is 5.75 Å². The highest BCUT2D eigenvalue weighted by atomic mass is 16.6. The van der Waals surface area contributed by atoms with Crippen molar-refractivity contribution in [2.45, 2.75) is 32.2 Å². The summed E-state index contributed by atoms with van der Waals surface area (Å²) in [7, 11) is 1.44. The van der Waals surface area contributed by atoms with E-state index in [0.717, 1.165) is 5.69 Å². The molecular weight excluding hydrogens is 232 g/mol. The van der Waals surface area contributed by atoms with Crippen LogP contribution in [0.25, 0.3) is 0 Å². The van der Waals surface area contributed by atoms with Crippen LogP contribution in [0.1, 0.15) is 26.7 Å². The predicted molar refractivity (Wildman–Crippen MR) is 70.1 cm³/mol. The Morgan fingerprint density at radius 1 is 1.44 bits per heavy atom. The lowest BCUT2D eigenvalue weighted by molar-refractivity contribution is -0.385. The minimum atomic E-state index is -0.436. The molecule has 98 valence electrons. The first-order chi connectivity index (χ1) is 8.44. The van der Waals surface area contributed by atoms with Gasteiger partial charge < -0.3 is 10.1 Å². The van der Waals surface area contributed by atoms with Gasteiger partial charge in [-0.3, -0.25) is 10.1 Å². The first-order valence-corrected chi connectivity index (χ1v) is 6.04. The third-order valence-electron chi connectivity index (χ3n) is 3.44. The van der Waals surface area contributed by atoms with E-state index in [4.69, 9.17) is 4.74 Å². The lowest BCUT2D eigenvalue weighted by Crippen LogP contribution is -2.33.